The van der Waals surface area contributed by atoms with E-state index in [9.17, 15) is 19.5 Å². The van der Waals surface area contributed by atoms with Gasteiger partial charge in [0.05, 0.1) is 11.6 Å². The van der Waals surface area contributed by atoms with E-state index in [0.717, 1.165) is 22.4 Å². The number of aromatic nitrogens is 2. The van der Waals surface area contributed by atoms with Gasteiger partial charge in [-0.25, -0.2) is 4.98 Å². The molecule has 0 spiro atoms. The number of Topliss-reactive ketones (excluding diaryl/α,β-unsaturated/α-hetero) is 1. The van der Waals surface area contributed by atoms with Crippen molar-refractivity contribution in [3.8, 4) is 11.3 Å². The van der Waals surface area contributed by atoms with Crippen LogP contribution >= 0.6 is 0 Å². The van der Waals surface area contributed by atoms with Gasteiger partial charge in [-0.15, -0.1) is 0 Å². The Hall–Kier alpha value is -3.74. The van der Waals surface area contributed by atoms with Gasteiger partial charge in [-0.05, 0) is 23.3 Å². The summed E-state index contributed by atoms with van der Waals surface area (Å²) in [4.78, 5) is 43.3. The third-order valence-electron chi connectivity index (χ3n) is 5.27. The van der Waals surface area contributed by atoms with Crippen LogP contribution in [-0.2, 0) is 22.4 Å². The summed E-state index contributed by atoms with van der Waals surface area (Å²) in [5, 5.41) is 12.1. The highest BCUT2D eigenvalue weighted by Gasteiger charge is 2.34. The van der Waals surface area contributed by atoms with Gasteiger partial charge >= 0.3 is 5.97 Å². The Morgan fingerprint density at radius 1 is 1.20 bits per heavy atom. The second-order valence-corrected chi connectivity index (χ2v) is 7.47. The quantitative estimate of drug-likeness (QED) is 0.604. The lowest BCUT2D eigenvalue weighted by molar-refractivity contribution is -0.141. The van der Waals surface area contributed by atoms with E-state index in [1.54, 1.807) is 18.3 Å². The largest absolute Gasteiger partial charge is 0.481 e. The highest BCUT2D eigenvalue weighted by Crippen LogP contribution is 2.36. The number of amides is 1. The molecule has 0 saturated heterocycles. The van der Waals surface area contributed by atoms with E-state index >= 15 is 0 Å². The lowest BCUT2D eigenvalue weighted by atomic mass is 9.84. The predicted octanol–water partition coefficient (Wildman–Crippen LogP) is 3.46. The number of pyridine rings is 1. The molecular weight excluding hydrogens is 382 g/mol. The third-order valence-corrected chi connectivity index (χ3v) is 5.27. The van der Waals surface area contributed by atoms with Crippen molar-refractivity contribution >= 4 is 23.5 Å². The second-order valence-electron chi connectivity index (χ2n) is 7.47. The van der Waals surface area contributed by atoms with Gasteiger partial charge in [0, 0.05) is 49.2 Å². The first-order valence-corrected chi connectivity index (χ1v) is 9.70. The van der Waals surface area contributed by atoms with Gasteiger partial charge in [-0.2, -0.15) is 0 Å². The van der Waals surface area contributed by atoms with Crippen LogP contribution in [0.2, 0.25) is 0 Å². The molecule has 0 aliphatic heterocycles. The van der Waals surface area contributed by atoms with Crippen molar-refractivity contribution in [1.82, 2.24) is 9.97 Å². The average Bonchev–Trinajstić information content (AvgIpc) is 3.07. The molecule has 2 heterocycles. The Balaban J connectivity index is 1.84. The van der Waals surface area contributed by atoms with Crippen LogP contribution in [0.5, 0.6) is 0 Å². The van der Waals surface area contributed by atoms with Crippen LogP contribution in [0, 0.1) is 5.92 Å². The second kappa shape index (κ2) is 7.94. The Morgan fingerprint density at radius 2 is 1.97 bits per heavy atom. The molecule has 1 aliphatic rings. The van der Waals surface area contributed by atoms with Crippen LogP contribution in [-0.4, -0.2) is 32.7 Å². The van der Waals surface area contributed by atoms with Gasteiger partial charge in [-0.3, -0.25) is 14.4 Å². The van der Waals surface area contributed by atoms with Crippen molar-refractivity contribution in [3.05, 3.63) is 71.0 Å². The van der Waals surface area contributed by atoms with E-state index in [1.165, 1.54) is 6.92 Å². The van der Waals surface area contributed by atoms with E-state index < -0.39 is 11.9 Å². The summed E-state index contributed by atoms with van der Waals surface area (Å²) in [5.41, 5.74) is 4.64. The maximum Gasteiger partial charge on any atom is 0.307 e. The fraction of sp³-hybridized carbons (Fsp3) is 0.217. The van der Waals surface area contributed by atoms with Crippen molar-refractivity contribution < 1.29 is 19.5 Å². The molecule has 30 heavy (non-hydrogen) atoms. The average molecular weight is 403 g/mol. The minimum atomic E-state index is -0.966. The Labute approximate surface area is 173 Å². The zero-order chi connectivity index (χ0) is 21.3. The van der Waals surface area contributed by atoms with Crippen molar-refractivity contribution in [2.45, 2.75) is 26.2 Å². The predicted molar refractivity (Wildman–Crippen MR) is 111 cm³/mol. The molecule has 1 unspecified atom stereocenters. The Kier molecular flexibility index (Phi) is 5.18. The lowest BCUT2D eigenvalue weighted by Gasteiger charge is -2.18. The number of aromatic amines is 1. The van der Waals surface area contributed by atoms with E-state index in [0.29, 0.717) is 23.5 Å². The molecule has 0 radical (unpaired) electrons. The molecule has 0 bridgehead atoms. The normalized spacial score (nSPS) is 15.5. The van der Waals surface area contributed by atoms with Crippen LogP contribution < -0.4 is 5.32 Å². The lowest BCUT2D eigenvalue weighted by Crippen LogP contribution is -2.26. The van der Waals surface area contributed by atoms with E-state index in [4.69, 9.17) is 0 Å². The first-order valence-electron chi connectivity index (χ1n) is 9.70. The van der Waals surface area contributed by atoms with Gasteiger partial charge in [-0.1, -0.05) is 30.3 Å². The van der Waals surface area contributed by atoms with Crippen LogP contribution in [0.25, 0.3) is 11.3 Å². The number of anilines is 1. The van der Waals surface area contributed by atoms with E-state index in [2.05, 4.69) is 15.3 Å². The van der Waals surface area contributed by atoms with Gasteiger partial charge < -0.3 is 15.4 Å². The molecule has 152 valence electrons. The number of carboxylic acid groups (broad SMARTS) is 1. The molecule has 1 aromatic carbocycles. The number of carbonyl (C=O) groups is 3. The number of H-pyrrole nitrogens is 1. The number of benzene rings is 1. The van der Waals surface area contributed by atoms with Crippen LogP contribution in [0.15, 0.2) is 48.7 Å². The van der Waals surface area contributed by atoms with E-state index in [-0.39, 0.29) is 24.5 Å². The summed E-state index contributed by atoms with van der Waals surface area (Å²) in [6.45, 7) is 1.41. The number of carboxylic acids is 1. The summed E-state index contributed by atoms with van der Waals surface area (Å²) in [5.74, 6) is -1.67. The number of aliphatic carboxylic acids is 1. The molecule has 3 aromatic rings. The Morgan fingerprint density at radius 3 is 2.67 bits per heavy atom. The zero-order valence-electron chi connectivity index (χ0n) is 16.4. The molecule has 1 amide bonds. The topological polar surface area (TPSA) is 112 Å². The van der Waals surface area contributed by atoms with E-state index in [1.807, 2.05) is 30.3 Å². The maximum absolute atomic E-state index is 12.9. The summed E-state index contributed by atoms with van der Waals surface area (Å²) < 4.78 is 0. The van der Waals surface area contributed by atoms with Crippen molar-refractivity contribution in [1.29, 1.82) is 0 Å². The molecule has 7 heteroatoms. The molecule has 1 atom stereocenters. The van der Waals surface area contributed by atoms with Crippen molar-refractivity contribution in [3.63, 3.8) is 0 Å². The highest BCUT2D eigenvalue weighted by molar-refractivity contribution is 6.03. The summed E-state index contributed by atoms with van der Waals surface area (Å²) in [7, 11) is 0. The number of rotatable bonds is 5. The van der Waals surface area contributed by atoms with Crippen LogP contribution in [0.4, 0.5) is 5.82 Å². The number of hydrogen-bond donors (Lipinski definition) is 3. The molecule has 2 aromatic heterocycles. The number of carbonyl (C=O) groups excluding carboxylic acids is 2. The molecule has 4 rings (SSSR count). The van der Waals surface area contributed by atoms with Gasteiger partial charge in [0.1, 0.15) is 5.82 Å². The third kappa shape index (κ3) is 3.87. The molecule has 1 aliphatic carbocycles. The smallest absolute Gasteiger partial charge is 0.307 e. The summed E-state index contributed by atoms with van der Waals surface area (Å²) in [6.07, 6.45) is 2.40. The zero-order valence-corrected chi connectivity index (χ0v) is 16.4. The summed E-state index contributed by atoms with van der Waals surface area (Å²) >= 11 is 0. The van der Waals surface area contributed by atoms with Crippen molar-refractivity contribution in [2.24, 2.45) is 5.92 Å². The Bertz CT molecular complexity index is 1130. The molecule has 7 nitrogen and oxygen atoms in total. The summed E-state index contributed by atoms with van der Waals surface area (Å²) in [6, 6.07) is 13.3. The maximum atomic E-state index is 12.9. The first kappa shape index (κ1) is 19.6. The molecule has 3 N–H and O–H groups in total. The highest BCUT2D eigenvalue weighted by atomic mass is 16.4. The van der Waals surface area contributed by atoms with Crippen LogP contribution in [0.3, 0.4) is 0 Å². The van der Waals surface area contributed by atoms with Gasteiger partial charge in [0.2, 0.25) is 5.91 Å². The van der Waals surface area contributed by atoms with Crippen LogP contribution in [0.1, 0.15) is 40.5 Å². The number of ketones is 1. The van der Waals surface area contributed by atoms with Gasteiger partial charge in [0.25, 0.3) is 0 Å². The SMILES string of the molecule is CC(=O)Nc1cc(-c2[nH]c3c(c2Cc2ccccc2)C(=O)CC(C(=O)O)C3)ccn1. The molecular formula is C23H21N3O4. The first-order chi connectivity index (χ1) is 14.4. The van der Waals surface area contributed by atoms with Gasteiger partial charge in [0.15, 0.2) is 5.78 Å². The monoisotopic (exact) mass is 403 g/mol. The molecule has 0 saturated carbocycles. The number of hydrogen-bond acceptors (Lipinski definition) is 4. The van der Waals surface area contributed by atoms with Crippen molar-refractivity contribution in [2.75, 3.05) is 5.32 Å². The number of fused-ring (bicyclic) bond motifs is 1. The number of nitrogens with zero attached hydrogens (tertiary/aromatic N) is 1. The fourth-order valence-corrected chi connectivity index (χ4v) is 3.96. The number of nitrogens with one attached hydrogen (secondary N) is 2. The minimum Gasteiger partial charge on any atom is -0.481 e. The minimum absolute atomic E-state index is 0.00506. The molecule has 0 fully saturated rings. The fourth-order valence-electron chi connectivity index (χ4n) is 3.96. The standard InChI is InChI=1S/C23H21N3O4/c1-13(27)25-20-12-15(7-8-24-20)22-17(9-14-5-3-2-4-6-14)21-18(26-22)10-16(23(29)30)11-19(21)28/h2-8,12,16,26H,9-11H2,1H3,(H,29,30)(H,24,25,27).